The van der Waals surface area contributed by atoms with Crippen molar-refractivity contribution < 1.29 is 19.5 Å². The molecule has 9 nitrogen and oxygen atoms in total. The van der Waals surface area contributed by atoms with Gasteiger partial charge in [0.15, 0.2) is 0 Å². The molecular weight excluding hydrogens is 530 g/mol. The lowest BCUT2D eigenvalue weighted by atomic mass is 10.0. The zero-order valence-corrected chi connectivity index (χ0v) is 25.4. The molecule has 232 valence electrons. The van der Waals surface area contributed by atoms with E-state index in [4.69, 9.17) is 5.11 Å². The minimum absolute atomic E-state index is 0.366. The minimum atomic E-state index is -1.01. The molecule has 0 aliphatic rings. The summed E-state index contributed by atoms with van der Waals surface area (Å²) in [6.45, 7) is 5.04. The zero-order valence-electron chi connectivity index (χ0n) is 25.4. The molecule has 2 rings (SSSR count). The van der Waals surface area contributed by atoms with Gasteiger partial charge in [0.1, 0.15) is 11.8 Å². The zero-order chi connectivity index (χ0) is 30.3. The van der Waals surface area contributed by atoms with Gasteiger partial charge in [-0.1, -0.05) is 64.0 Å². The SMILES string of the molecule is CCCC(NC(=O)NCCCCCCCC(=O)CCCCCCCN(Cc1ccccn1)Cc1ccccn1)C(=O)O. The maximum absolute atomic E-state index is 12.2. The molecule has 0 fully saturated rings. The summed E-state index contributed by atoms with van der Waals surface area (Å²) < 4.78 is 0. The van der Waals surface area contributed by atoms with Crippen molar-refractivity contribution in [3.63, 3.8) is 0 Å². The third kappa shape index (κ3) is 16.8. The Kier molecular flexibility index (Phi) is 18.5. The van der Waals surface area contributed by atoms with Crippen LogP contribution < -0.4 is 10.6 Å². The monoisotopic (exact) mass is 581 g/mol. The Labute approximate surface area is 251 Å². The van der Waals surface area contributed by atoms with Crippen LogP contribution in [0.1, 0.15) is 108 Å². The van der Waals surface area contributed by atoms with E-state index in [0.717, 1.165) is 95.2 Å². The van der Waals surface area contributed by atoms with Gasteiger partial charge in [-0.3, -0.25) is 19.7 Å². The van der Waals surface area contributed by atoms with Crippen molar-refractivity contribution >= 4 is 17.8 Å². The number of carboxylic acids is 1. The smallest absolute Gasteiger partial charge is 0.326 e. The summed E-state index contributed by atoms with van der Waals surface area (Å²) in [6, 6.07) is 10.8. The molecule has 2 aromatic rings. The van der Waals surface area contributed by atoms with Crippen molar-refractivity contribution in [1.29, 1.82) is 0 Å². The number of nitrogens with zero attached hydrogens (tertiary/aromatic N) is 3. The van der Waals surface area contributed by atoms with Gasteiger partial charge in [-0.15, -0.1) is 0 Å². The van der Waals surface area contributed by atoms with E-state index in [0.29, 0.717) is 38.0 Å². The number of nitrogens with one attached hydrogen (secondary N) is 2. The van der Waals surface area contributed by atoms with Gasteiger partial charge < -0.3 is 15.7 Å². The van der Waals surface area contributed by atoms with E-state index >= 15 is 0 Å². The number of aliphatic carboxylic acids is 1. The summed E-state index contributed by atoms with van der Waals surface area (Å²) in [6.07, 6.45) is 16.4. The molecule has 0 aliphatic carbocycles. The Morgan fingerprint density at radius 1 is 0.786 bits per heavy atom. The highest BCUT2D eigenvalue weighted by Gasteiger charge is 2.18. The lowest BCUT2D eigenvalue weighted by Gasteiger charge is -2.21. The predicted octanol–water partition coefficient (Wildman–Crippen LogP) is 6.28. The first-order valence-corrected chi connectivity index (χ1v) is 15.8. The number of unbranched alkanes of at least 4 members (excludes halogenated alkanes) is 8. The van der Waals surface area contributed by atoms with Crippen molar-refractivity contribution in [1.82, 2.24) is 25.5 Å². The molecule has 2 amide bonds. The molecule has 2 aromatic heterocycles. The number of carbonyl (C=O) groups is 3. The van der Waals surface area contributed by atoms with Crippen LogP contribution >= 0.6 is 0 Å². The van der Waals surface area contributed by atoms with Gasteiger partial charge in [0.25, 0.3) is 0 Å². The second-order valence-corrected chi connectivity index (χ2v) is 11.0. The maximum atomic E-state index is 12.2. The van der Waals surface area contributed by atoms with Crippen molar-refractivity contribution in [2.45, 2.75) is 116 Å². The molecule has 3 N–H and O–H groups in total. The predicted molar refractivity (Wildman–Crippen MR) is 166 cm³/mol. The molecule has 1 unspecified atom stereocenters. The van der Waals surface area contributed by atoms with Gasteiger partial charge in [-0.05, 0) is 62.9 Å². The first-order valence-electron chi connectivity index (χ1n) is 15.8. The van der Waals surface area contributed by atoms with Crippen molar-refractivity contribution in [2.75, 3.05) is 13.1 Å². The topological polar surface area (TPSA) is 125 Å². The molecule has 2 heterocycles. The lowest BCUT2D eigenvalue weighted by molar-refractivity contribution is -0.139. The number of carbonyl (C=O) groups excluding carboxylic acids is 2. The Morgan fingerprint density at radius 3 is 1.86 bits per heavy atom. The first-order chi connectivity index (χ1) is 20.5. The van der Waals surface area contributed by atoms with E-state index < -0.39 is 18.0 Å². The van der Waals surface area contributed by atoms with Gasteiger partial charge in [0.05, 0.1) is 11.4 Å². The number of amides is 2. The maximum Gasteiger partial charge on any atom is 0.326 e. The normalized spacial score (nSPS) is 11.8. The number of hydrogen-bond acceptors (Lipinski definition) is 6. The van der Waals surface area contributed by atoms with Crippen LogP contribution in [0, 0.1) is 0 Å². The number of ketones is 1. The van der Waals surface area contributed by atoms with Crippen LogP contribution in [0.3, 0.4) is 0 Å². The Bertz CT molecular complexity index is 965. The third-order valence-electron chi connectivity index (χ3n) is 7.25. The second-order valence-electron chi connectivity index (χ2n) is 11.0. The Balaban J connectivity index is 1.45. The molecule has 0 bridgehead atoms. The van der Waals surface area contributed by atoms with Crippen molar-refractivity contribution in [3.8, 4) is 0 Å². The summed E-state index contributed by atoms with van der Waals surface area (Å²) >= 11 is 0. The number of rotatable bonds is 24. The van der Waals surface area contributed by atoms with Crippen LogP contribution in [-0.2, 0) is 22.7 Å². The molecule has 0 aliphatic heterocycles. The van der Waals surface area contributed by atoms with E-state index in [1.165, 1.54) is 0 Å². The number of urea groups is 1. The third-order valence-corrected chi connectivity index (χ3v) is 7.25. The summed E-state index contributed by atoms with van der Waals surface area (Å²) in [7, 11) is 0. The van der Waals surface area contributed by atoms with Gasteiger partial charge in [0, 0.05) is 44.9 Å². The van der Waals surface area contributed by atoms with E-state index in [9.17, 15) is 14.4 Å². The van der Waals surface area contributed by atoms with E-state index in [1.54, 1.807) is 0 Å². The largest absolute Gasteiger partial charge is 0.480 e. The number of aromatic nitrogens is 2. The van der Waals surface area contributed by atoms with E-state index in [1.807, 2.05) is 43.6 Å². The summed E-state index contributed by atoms with van der Waals surface area (Å²) in [5.74, 6) is -0.639. The summed E-state index contributed by atoms with van der Waals surface area (Å²) in [5.41, 5.74) is 2.15. The molecule has 0 radical (unpaired) electrons. The van der Waals surface area contributed by atoms with Crippen LogP contribution in [0.4, 0.5) is 4.79 Å². The first kappa shape index (κ1) is 34.9. The second kappa shape index (κ2) is 22.3. The molecule has 0 aromatic carbocycles. The summed E-state index contributed by atoms with van der Waals surface area (Å²) in [4.78, 5) is 46.6. The number of pyridine rings is 2. The Morgan fingerprint density at radius 2 is 1.33 bits per heavy atom. The lowest BCUT2D eigenvalue weighted by Crippen LogP contribution is -2.46. The molecule has 0 saturated carbocycles. The highest BCUT2D eigenvalue weighted by molar-refractivity contribution is 5.82. The van der Waals surface area contributed by atoms with Gasteiger partial charge in [0.2, 0.25) is 0 Å². The molecule has 1 atom stereocenters. The molecule has 0 spiro atoms. The standard InChI is InChI=1S/C33H51N5O4/c1-2-17-31(32(40)41)37-33(42)36-24-13-7-3-5-9-20-30(39)21-10-6-4-8-16-25-38(26-28-18-11-14-22-34-28)27-29-19-12-15-23-35-29/h11-12,14-15,18-19,22-23,31H,2-10,13,16-17,20-21,24-27H2,1H3,(H,40,41)(H2,36,37,42). The van der Waals surface area contributed by atoms with Crippen molar-refractivity contribution in [3.05, 3.63) is 60.2 Å². The molecular formula is C33H51N5O4. The van der Waals surface area contributed by atoms with Crippen LogP contribution in [-0.4, -0.2) is 56.9 Å². The fourth-order valence-corrected chi connectivity index (χ4v) is 4.90. The quantitative estimate of drug-likeness (QED) is 0.125. The molecule has 0 saturated heterocycles. The average molecular weight is 582 g/mol. The molecule has 9 heteroatoms. The van der Waals surface area contributed by atoms with Crippen LogP contribution in [0.5, 0.6) is 0 Å². The van der Waals surface area contributed by atoms with Gasteiger partial charge >= 0.3 is 12.0 Å². The van der Waals surface area contributed by atoms with E-state index in [-0.39, 0.29) is 0 Å². The van der Waals surface area contributed by atoms with Crippen LogP contribution in [0.25, 0.3) is 0 Å². The fourth-order valence-electron chi connectivity index (χ4n) is 4.90. The molecule has 42 heavy (non-hydrogen) atoms. The Hall–Kier alpha value is -3.33. The summed E-state index contributed by atoms with van der Waals surface area (Å²) in [5, 5.41) is 14.3. The van der Waals surface area contributed by atoms with Gasteiger partial charge in [-0.2, -0.15) is 0 Å². The number of hydrogen-bond donors (Lipinski definition) is 3. The van der Waals surface area contributed by atoms with Crippen LogP contribution in [0.2, 0.25) is 0 Å². The fraction of sp³-hybridized carbons (Fsp3) is 0.606. The van der Waals surface area contributed by atoms with E-state index in [2.05, 4.69) is 37.6 Å². The minimum Gasteiger partial charge on any atom is -0.480 e. The highest BCUT2D eigenvalue weighted by atomic mass is 16.4. The highest BCUT2D eigenvalue weighted by Crippen LogP contribution is 2.13. The van der Waals surface area contributed by atoms with Gasteiger partial charge in [-0.25, -0.2) is 9.59 Å². The average Bonchev–Trinajstić information content (AvgIpc) is 2.98. The van der Waals surface area contributed by atoms with Crippen LogP contribution in [0.15, 0.2) is 48.8 Å². The number of Topliss-reactive ketones (excluding diaryl/α,β-unsaturated/α-hetero) is 1. The van der Waals surface area contributed by atoms with Crippen molar-refractivity contribution in [2.24, 2.45) is 0 Å². The number of carboxylic acid groups (broad SMARTS) is 1.